The normalized spacial score (nSPS) is 21.0. The van der Waals surface area contributed by atoms with Crippen LogP contribution in [0, 0.1) is 0 Å². The molecule has 1 aromatic carbocycles. The number of morpholine rings is 1. The van der Waals surface area contributed by atoms with Crippen LogP contribution in [0.15, 0.2) is 41.6 Å². The number of anilines is 1. The smallest absolute Gasteiger partial charge is 0.257 e. The number of aromatic nitrogens is 2. The molecular weight excluding hydrogens is 451 g/mol. The van der Waals surface area contributed by atoms with Crippen molar-refractivity contribution >= 4 is 45.6 Å². The van der Waals surface area contributed by atoms with E-state index in [2.05, 4.69) is 14.9 Å². The maximum atomic E-state index is 13.5. The molecule has 0 aliphatic carbocycles. The number of halogens is 2. The lowest BCUT2D eigenvalue weighted by Crippen LogP contribution is -2.53. The van der Waals surface area contributed by atoms with Crippen LogP contribution in [-0.2, 0) is 16.0 Å². The highest BCUT2D eigenvalue weighted by atomic mass is 35.5. The molecule has 4 heterocycles. The molecule has 2 aliphatic heterocycles. The number of benzene rings is 1. The summed E-state index contributed by atoms with van der Waals surface area (Å²) in [6.45, 7) is 3.97. The topological polar surface area (TPSA) is 78.5 Å². The Morgan fingerprint density at radius 1 is 1.22 bits per heavy atom. The van der Waals surface area contributed by atoms with E-state index in [4.69, 9.17) is 27.9 Å². The summed E-state index contributed by atoms with van der Waals surface area (Å²) in [5.41, 5.74) is 2.66. The van der Waals surface area contributed by atoms with Crippen molar-refractivity contribution < 1.29 is 9.53 Å². The van der Waals surface area contributed by atoms with E-state index in [1.165, 1.54) is 0 Å². The van der Waals surface area contributed by atoms with Crippen LogP contribution in [0.4, 0.5) is 5.69 Å². The minimum atomic E-state index is -0.615. The van der Waals surface area contributed by atoms with Gasteiger partial charge in [0.2, 0.25) is 0 Å². The number of carbonyl (C=O) groups excluding carboxylic acids is 1. The molecule has 0 unspecified atom stereocenters. The predicted octanol–water partition coefficient (Wildman–Crippen LogP) is 3.58. The van der Waals surface area contributed by atoms with Gasteiger partial charge in [-0.25, -0.2) is 0 Å². The number of hydrogen-bond acceptors (Lipinski definition) is 5. The van der Waals surface area contributed by atoms with Crippen molar-refractivity contribution in [1.29, 1.82) is 0 Å². The van der Waals surface area contributed by atoms with Crippen LogP contribution in [0.25, 0.3) is 10.8 Å². The number of carbonyl (C=O) groups is 1. The van der Waals surface area contributed by atoms with Crippen molar-refractivity contribution in [3.05, 3.63) is 68.3 Å². The van der Waals surface area contributed by atoms with E-state index in [0.717, 1.165) is 22.2 Å². The zero-order chi connectivity index (χ0) is 22.4. The molecule has 0 saturated carbocycles. The first-order valence-corrected chi connectivity index (χ1v) is 11.3. The van der Waals surface area contributed by atoms with E-state index in [-0.39, 0.29) is 17.5 Å². The van der Waals surface area contributed by atoms with E-state index in [1.54, 1.807) is 24.7 Å². The highest BCUT2D eigenvalue weighted by molar-refractivity contribution is 6.35. The monoisotopic (exact) mass is 472 g/mol. The average Bonchev–Trinajstić information content (AvgIpc) is 2.78. The molecule has 0 bridgehead atoms. The quantitative estimate of drug-likeness (QED) is 0.616. The zero-order valence-corrected chi connectivity index (χ0v) is 19.0. The van der Waals surface area contributed by atoms with Gasteiger partial charge < -0.3 is 19.5 Å². The van der Waals surface area contributed by atoms with Gasteiger partial charge in [-0.3, -0.25) is 14.6 Å². The molecule has 5 rings (SSSR count). The third kappa shape index (κ3) is 3.64. The standard InChI is InChI=1S/C23H22Cl2N4O3/c1-13-21-14(8-15(24)9-18(21)25)3-5-29(13)23(31)20-12-28(6-7-32-20)19-11-26-10-17-16(19)2-4-27-22(17)30/h2,4,8-11,13,20H,3,5-7,12H2,1H3,(H,27,30)/t13-,20+/m0/s1. The Bertz CT molecular complexity index is 1260. The third-order valence-electron chi connectivity index (χ3n) is 6.33. The average molecular weight is 473 g/mol. The number of aromatic amines is 1. The Kier molecular flexibility index (Phi) is 5.57. The fraction of sp³-hybridized carbons (Fsp3) is 0.348. The van der Waals surface area contributed by atoms with Gasteiger partial charge in [0.05, 0.1) is 36.5 Å². The number of rotatable bonds is 2. The lowest BCUT2D eigenvalue weighted by atomic mass is 9.93. The third-order valence-corrected chi connectivity index (χ3v) is 6.86. The molecule has 166 valence electrons. The van der Waals surface area contributed by atoms with Crippen LogP contribution in [0.3, 0.4) is 0 Å². The molecule has 0 radical (unpaired) electrons. The number of fused-ring (bicyclic) bond motifs is 2. The first-order chi connectivity index (χ1) is 15.4. The van der Waals surface area contributed by atoms with E-state index in [1.807, 2.05) is 24.0 Å². The largest absolute Gasteiger partial charge is 0.365 e. The van der Waals surface area contributed by atoms with E-state index in [0.29, 0.717) is 48.1 Å². The molecule has 0 spiro atoms. The van der Waals surface area contributed by atoms with Gasteiger partial charge in [0, 0.05) is 40.9 Å². The second-order valence-electron chi connectivity index (χ2n) is 8.15. The molecule has 1 saturated heterocycles. The van der Waals surface area contributed by atoms with Gasteiger partial charge in [0.15, 0.2) is 6.10 Å². The summed E-state index contributed by atoms with van der Waals surface area (Å²) in [6.07, 6.45) is 5.00. The summed E-state index contributed by atoms with van der Waals surface area (Å²) >= 11 is 12.6. The summed E-state index contributed by atoms with van der Waals surface area (Å²) < 4.78 is 5.89. The number of H-pyrrole nitrogens is 1. The highest BCUT2D eigenvalue weighted by Crippen LogP contribution is 2.37. The van der Waals surface area contributed by atoms with Gasteiger partial charge in [-0.2, -0.15) is 0 Å². The number of nitrogens with one attached hydrogen (secondary N) is 1. The summed E-state index contributed by atoms with van der Waals surface area (Å²) in [5, 5.41) is 2.51. The van der Waals surface area contributed by atoms with Crippen molar-refractivity contribution in [2.24, 2.45) is 0 Å². The van der Waals surface area contributed by atoms with Gasteiger partial charge in [0.1, 0.15) is 0 Å². The second-order valence-corrected chi connectivity index (χ2v) is 8.99. The molecular formula is C23H22Cl2N4O3. The number of hydrogen-bond donors (Lipinski definition) is 1. The molecule has 3 aromatic rings. The SMILES string of the molecule is C[C@H]1c2c(Cl)cc(Cl)cc2CCN1C(=O)[C@H]1CN(c2cncc3c(=O)[nH]ccc23)CCO1. The van der Waals surface area contributed by atoms with Crippen molar-refractivity contribution in [2.75, 3.05) is 31.1 Å². The lowest BCUT2D eigenvalue weighted by molar-refractivity contribution is -0.147. The van der Waals surface area contributed by atoms with Gasteiger partial charge in [0.25, 0.3) is 11.5 Å². The fourth-order valence-electron chi connectivity index (χ4n) is 4.75. The predicted molar refractivity (Wildman–Crippen MR) is 125 cm³/mol. The minimum absolute atomic E-state index is 0.0649. The Hall–Kier alpha value is -2.61. The maximum absolute atomic E-state index is 13.5. The van der Waals surface area contributed by atoms with Crippen LogP contribution in [0.1, 0.15) is 24.1 Å². The first-order valence-electron chi connectivity index (χ1n) is 10.5. The molecule has 1 fully saturated rings. The lowest BCUT2D eigenvalue weighted by Gasteiger charge is -2.40. The number of nitrogens with zero attached hydrogens (tertiary/aromatic N) is 3. The number of amides is 1. The first kappa shape index (κ1) is 21.2. The number of pyridine rings is 2. The van der Waals surface area contributed by atoms with Crippen molar-refractivity contribution in [3.63, 3.8) is 0 Å². The van der Waals surface area contributed by atoms with E-state index in [9.17, 15) is 9.59 Å². The van der Waals surface area contributed by atoms with Crippen LogP contribution in [0.2, 0.25) is 10.0 Å². The highest BCUT2D eigenvalue weighted by Gasteiger charge is 2.36. The maximum Gasteiger partial charge on any atom is 0.257 e. The number of ether oxygens (including phenoxy) is 1. The van der Waals surface area contributed by atoms with Crippen LogP contribution >= 0.6 is 23.2 Å². The van der Waals surface area contributed by atoms with Crippen molar-refractivity contribution in [2.45, 2.75) is 25.5 Å². The van der Waals surface area contributed by atoms with Crippen molar-refractivity contribution in [3.8, 4) is 0 Å². The van der Waals surface area contributed by atoms with E-state index < -0.39 is 6.10 Å². The summed E-state index contributed by atoms with van der Waals surface area (Å²) in [6, 6.07) is 5.33. The molecule has 2 aromatic heterocycles. The second kappa shape index (κ2) is 8.39. The van der Waals surface area contributed by atoms with E-state index >= 15 is 0 Å². The zero-order valence-electron chi connectivity index (χ0n) is 17.5. The minimum Gasteiger partial charge on any atom is -0.365 e. The van der Waals surface area contributed by atoms with Gasteiger partial charge in [-0.1, -0.05) is 23.2 Å². The Labute approximate surface area is 194 Å². The molecule has 1 amide bonds. The Balaban J connectivity index is 1.40. The summed E-state index contributed by atoms with van der Waals surface area (Å²) in [7, 11) is 0. The molecule has 7 nitrogen and oxygen atoms in total. The summed E-state index contributed by atoms with van der Waals surface area (Å²) in [4.78, 5) is 36.5. The molecule has 9 heteroatoms. The van der Waals surface area contributed by atoms with Gasteiger partial charge >= 0.3 is 0 Å². The fourth-order valence-corrected chi connectivity index (χ4v) is 5.45. The van der Waals surface area contributed by atoms with Crippen molar-refractivity contribution in [1.82, 2.24) is 14.9 Å². The van der Waals surface area contributed by atoms with Crippen LogP contribution in [0.5, 0.6) is 0 Å². The Morgan fingerprint density at radius 3 is 2.91 bits per heavy atom. The molecule has 2 aliphatic rings. The molecule has 32 heavy (non-hydrogen) atoms. The molecule has 2 atom stereocenters. The molecule has 1 N–H and O–H groups in total. The van der Waals surface area contributed by atoms with Gasteiger partial charge in [-0.15, -0.1) is 0 Å². The van der Waals surface area contributed by atoms with Crippen LogP contribution in [-0.4, -0.2) is 53.1 Å². The Morgan fingerprint density at radius 2 is 2.06 bits per heavy atom. The van der Waals surface area contributed by atoms with Gasteiger partial charge in [-0.05, 0) is 42.7 Å². The summed E-state index contributed by atoms with van der Waals surface area (Å²) in [5.74, 6) is -0.0649. The van der Waals surface area contributed by atoms with Crippen LogP contribution < -0.4 is 10.5 Å².